The van der Waals surface area contributed by atoms with Gasteiger partial charge in [-0.1, -0.05) is 18.2 Å². The first kappa shape index (κ1) is 24.1. The minimum atomic E-state index is -1.66. The molecule has 2 saturated heterocycles. The zero-order valence-corrected chi connectivity index (χ0v) is 18.7. The Balaban J connectivity index is 1.50. The van der Waals surface area contributed by atoms with Crippen LogP contribution in [0.1, 0.15) is 24.8 Å². The number of ether oxygens (including phenoxy) is 1. The molecule has 2 aliphatic heterocycles. The molecule has 2 heterocycles. The molecule has 0 aliphatic carbocycles. The van der Waals surface area contributed by atoms with Crippen molar-refractivity contribution in [3.63, 3.8) is 0 Å². The van der Waals surface area contributed by atoms with Gasteiger partial charge in [-0.15, -0.1) is 0 Å². The molecule has 5 unspecified atom stereocenters. The van der Waals surface area contributed by atoms with Crippen molar-refractivity contribution in [3.8, 4) is 6.07 Å². The van der Waals surface area contributed by atoms with Crippen LogP contribution < -0.4 is 10.2 Å². The number of carbonyl (C=O) groups excluding carboxylic acids is 1. The Labute approximate surface area is 197 Å². The van der Waals surface area contributed by atoms with Crippen molar-refractivity contribution in [1.82, 2.24) is 5.32 Å². The van der Waals surface area contributed by atoms with E-state index in [9.17, 15) is 25.4 Å². The summed E-state index contributed by atoms with van der Waals surface area (Å²) in [4.78, 5) is 15.0. The first-order valence-electron chi connectivity index (χ1n) is 11.4. The van der Waals surface area contributed by atoms with E-state index in [1.807, 2.05) is 30.3 Å². The van der Waals surface area contributed by atoms with Crippen molar-refractivity contribution in [3.05, 3.63) is 47.5 Å². The van der Waals surface area contributed by atoms with Crippen molar-refractivity contribution in [2.45, 2.75) is 49.9 Å². The van der Waals surface area contributed by atoms with E-state index in [0.29, 0.717) is 5.56 Å². The molecule has 0 aromatic heterocycles. The third-order valence-corrected chi connectivity index (χ3v) is 6.44. The van der Waals surface area contributed by atoms with Gasteiger partial charge in [0.05, 0.1) is 6.61 Å². The number of nitriles is 1. The van der Waals surface area contributed by atoms with E-state index in [2.05, 4.69) is 22.3 Å². The molecule has 0 saturated carbocycles. The highest BCUT2D eigenvalue weighted by molar-refractivity contribution is 6.02. The monoisotopic (exact) mass is 467 g/mol. The Morgan fingerprint density at radius 2 is 1.79 bits per heavy atom. The number of benzene rings is 2. The lowest BCUT2D eigenvalue weighted by Gasteiger charge is -2.40. The molecule has 2 aromatic rings. The van der Waals surface area contributed by atoms with Crippen LogP contribution in [0.15, 0.2) is 42.0 Å². The fourth-order valence-corrected chi connectivity index (χ4v) is 4.49. The van der Waals surface area contributed by atoms with Crippen molar-refractivity contribution in [2.75, 3.05) is 24.6 Å². The van der Waals surface area contributed by atoms with Crippen LogP contribution >= 0.6 is 0 Å². The van der Waals surface area contributed by atoms with Gasteiger partial charge < -0.3 is 35.4 Å². The molecule has 2 aliphatic rings. The molecule has 5 atom stereocenters. The number of nitrogens with one attached hydrogen (secondary N) is 1. The summed E-state index contributed by atoms with van der Waals surface area (Å²) in [5, 5.41) is 53.3. The van der Waals surface area contributed by atoms with Crippen LogP contribution in [0.5, 0.6) is 0 Å². The van der Waals surface area contributed by atoms with Gasteiger partial charge in [0.15, 0.2) is 6.29 Å². The lowest BCUT2D eigenvalue weighted by atomic mass is 9.96. The lowest BCUT2D eigenvalue weighted by molar-refractivity contribution is -0.253. The van der Waals surface area contributed by atoms with Crippen molar-refractivity contribution in [1.29, 1.82) is 5.26 Å². The van der Waals surface area contributed by atoms with Gasteiger partial charge in [0.25, 0.3) is 5.91 Å². The summed E-state index contributed by atoms with van der Waals surface area (Å²) < 4.78 is 5.04. The predicted molar refractivity (Wildman–Crippen MR) is 126 cm³/mol. The third-order valence-electron chi connectivity index (χ3n) is 6.44. The third kappa shape index (κ3) is 5.06. The van der Waals surface area contributed by atoms with Gasteiger partial charge in [0.1, 0.15) is 36.0 Å². The molecule has 34 heavy (non-hydrogen) atoms. The van der Waals surface area contributed by atoms with Gasteiger partial charge in [-0.05, 0) is 59.9 Å². The van der Waals surface area contributed by atoms with E-state index < -0.39 is 43.2 Å². The van der Waals surface area contributed by atoms with E-state index in [0.717, 1.165) is 23.9 Å². The summed E-state index contributed by atoms with van der Waals surface area (Å²) in [5.74, 6) is -0.829. The van der Waals surface area contributed by atoms with Crippen molar-refractivity contribution in [2.24, 2.45) is 0 Å². The van der Waals surface area contributed by atoms with E-state index in [1.165, 1.54) is 31.0 Å². The van der Waals surface area contributed by atoms with Gasteiger partial charge in [-0.25, -0.2) is 0 Å². The molecule has 2 fully saturated rings. The number of carbonyl (C=O) groups is 1. The van der Waals surface area contributed by atoms with Gasteiger partial charge in [-0.2, -0.15) is 5.26 Å². The van der Waals surface area contributed by atoms with Crippen LogP contribution in [0, 0.1) is 11.3 Å². The van der Waals surface area contributed by atoms with E-state index in [4.69, 9.17) is 9.84 Å². The van der Waals surface area contributed by atoms with Gasteiger partial charge in [0.2, 0.25) is 0 Å². The molecule has 0 radical (unpaired) electrons. The smallest absolute Gasteiger partial charge is 0.262 e. The molecular formula is C25H29N3O6. The Kier molecular flexibility index (Phi) is 7.46. The average Bonchev–Trinajstić information content (AvgIpc) is 2.87. The number of aliphatic hydroxyl groups is 4. The van der Waals surface area contributed by atoms with E-state index in [-0.39, 0.29) is 5.57 Å². The highest BCUT2D eigenvalue weighted by Gasteiger charge is 2.44. The van der Waals surface area contributed by atoms with Crippen molar-refractivity contribution < 1.29 is 30.0 Å². The second-order valence-electron chi connectivity index (χ2n) is 8.74. The summed E-state index contributed by atoms with van der Waals surface area (Å²) in [6, 6.07) is 12.3. The Morgan fingerprint density at radius 1 is 1.09 bits per heavy atom. The van der Waals surface area contributed by atoms with Crippen LogP contribution in [0.3, 0.4) is 0 Å². The second kappa shape index (κ2) is 10.5. The highest BCUT2D eigenvalue weighted by atomic mass is 16.6. The van der Waals surface area contributed by atoms with Crippen LogP contribution in [0.25, 0.3) is 16.8 Å². The molecule has 180 valence electrons. The SMILES string of the molecule is N#CC(=Cc1ccc2cc(N3CCCCC3)ccc2c1)C(=O)NC1C(O)OC(CO)C(O)C1O. The first-order valence-corrected chi connectivity index (χ1v) is 11.4. The molecule has 2 aromatic carbocycles. The number of nitrogens with zero attached hydrogens (tertiary/aromatic N) is 2. The maximum atomic E-state index is 12.7. The van der Waals surface area contributed by atoms with Crippen LogP contribution in [0.4, 0.5) is 5.69 Å². The first-order chi connectivity index (χ1) is 16.4. The fourth-order valence-electron chi connectivity index (χ4n) is 4.49. The summed E-state index contributed by atoms with van der Waals surface area (Å²) in [5.41, 5.74) is 1.60. The van der Waals surface area contributed by atoms with Gasteiger partial charge in [-0.3, -0.25) is 4.79 Å². The standard InChI is InChI=1S/C25H29N3O6/c26-13-18(24(32)27-21-23(31)22(30)20(14-29)34-25(21)33)11-15-4-5-17-12-19(7-6-16(17)10-15)28-8-2-1-3-9-28/h4-7,10-12,20-23,25,29-31,33H,1-3,8-9,14H2,(H,27,32). The number of anilines is 1. The number of piperidine rings is 1. The van der Waals surface area contributed by atoms with Gasteiger partial charge >= 0.3 is 0 Å². The number of fused-ring (bicyclic) bond motifs is 1. The molecule has 9 nitrogen and oxygen atoms in total. The summed E-state index contributed by atoms with van der Waals surface area (Å²) >= 11 is 0. The normalized spacial score (nSPS) is 27.9. The largest absolute Gasteiger partial charge is 0.394 e. The lowest BCUT2D eigenvalue weighted by Crippen LogP contribution is -2.64. The maximum Gasteiger partial charge on any atom is 0.262 e. The van der Waals surface area contributed by atoms with Crippen LogP contribution in [0.2, 0.25) is 0 Å². The number of hydrogen-bond acceptors (Lipinski definition) is 8. The number of aliphatic hydroxyl groups excluding tert-OH is 4. The van der Waals surface area contributed by atoms with Gasteiger partial charge in [0, 0.05) is 18.8 Å². The Morgan fingerprint density at radius 3 is 2.50 bits per heavy atom. The quantitative estimate of drug-likeness (QED) is 0.318. The molecule has 5 N–H and O–H groups in total. The van der Waals surface area contributed by atoms with Crippen LogP contribution in [-0.2, 0) is 9.53 Å². The molecule has 0 bridgehead atoms. The topological polar surface area (TPSA) is 146 Å². The minimum Gasteiger partial charge on any atom is -0.394 e. The predicted octanol–water partition coefficient (Wildman–Crippen LogP) is 0.653. The summed E-state index contributed by atoms with van der Waals surface area (Å²) in [7, 11) is 0. The summed E-state index contributed by atoms with van der Waals surface area (Å²) in [6.45, 7) is 1.50. The van der Waals surface area contributed by atoms with Crippen molar-refractivity contribution >= 4 is 28.4 Å². The zero-order chi connectivity index (χ0) is 24.2. The number of rotatable bonds is 5. The molecular weight excluding hydrogens is 438 g/mol. The van der Waals surface area contributed by atoms with Crippen LogP contribution in [-0.4, -0.2) is 76.7 Å². The molecule has 1 amide bonds. The Hall–Kier alpha value is -3.00. The molecule has 0 spiro atoms. The number of hydrogen-bond donors (Lipinski definition) is 5. The second-order valence-corrected chi connectivity index (χ2v) is 8.74. The van der Waals surface area contributed by atoms with E-state index in [1.54, 1.807) is 0 Å². The number of amides is 1. The zero-order valence-electron chi connectivity index (χ0n) is 18.7. The summed E-state index contributed by atoms with van der Waals surface area (Å²) in [6.07, 6.45) is -0.854. The fraction of sp³-hybridized carbons (Fsp3) is 0.440. The highest BCUT2D eigenvalue weighted by Crippen LogP contribution is 2.26. The maximum absolute atomic E-state index is 12.7. The molecule has 4 rings (SSSR count). The van der Waals surface area contributed by atoms with E-state index >= 15 is 0 Å². The Bertz CT molecular complexity index is 1110. The average molecular weight is 468 g/mol. The minimum absolute atomic E-state index is 0.234. The molecule has 9 heteroatoms.